The van der Waals surface area contributed by atoms with E-state index in [4.69, 9.17) is 4.55 Å². The minimum Gasteiger partial charge on any atom is -0.369 e. The molecule has 0 radical (unpaired) electrons. The summed E-state index contributed by atoms with van der Waals surface area (Å²) < 4.78 is 34.0. The maximum atomic E-state index is 11.2. The number of unbranched alkanes of at least 4 members (excludes halogenated alkanes) is 1. The summed E-state index contributed by atoms with van der Waals surface area (Å²) in [6.45, 7) is 9.31. The SMILES string of the molecule is CC1(C)C(/C=C/c2ccc(N3CCNCC3)cc2)=[N+](CCCCS(=O)(=O)O)c2ccc3ccccc3c21. The lowest BCUT2D eigenvalue weighted by molar-refractivity contribution is -0.438. The predicted molar refractivity (Wildman–Crippen MR) is 153 cm³/mol. The maximum absolute atomic E-state index is 11.2. The third-order valence-electron chi connectivity index (χ3n) is 7.60. The molecule has 3 aromatic carbocycles. The minimum atomic E-state index is -3.95. The highest BCUT2D eigenvalue weighted by Gasteiger charge is 2.45. The smallest absolute Gasteiger partial charge is 0.264 e. The van der Waals surface area contributed by atoms with Crippen LogP contribution in [0.25, 0.3) is 16.8 Å². The van der Waals surface area contributed by atoms with Gasteiger partial charge in [-0.2, -0.15) is 13.0 Å². The monoisotopic (exact) mass is 518 g/mol. The van der Waals surface area contributed by atoms with Crippen molar-refractivity contribution >= 4 is 44.1 Å². The van der Waals surface area contributed by atoms with Crippen molar-refractivity contribution in [3.05, 3.63) is 77.9 Å². The van der Waals surface area contributed by atoms with Crippen LogP contribution in [-0.4, -0.2) is 61.7 Å². The number of fused-ring (bicyclic) bond motifs is 3. The van der Waals surface area contributed by atoms with Crippen molar-refractivity contribution in [3.8, 4) is 0 Å². The van der Waals surface area contributed by atoms with Gasteiger partial charge in [0.05, 0.1) is 11.2 Å². The molecule has 2 heterocycles. The van der Waals surface area contributed by atoms with Crippen LogP contribution in [0.2, 0.25) is 0 Å². The van der Waals surface area contributed by atoms with Crippen molar-refractivity contribution < 1.29 is 17.5 Å². The summed E-state index contributed by atoms with van der Waals surface area (Å²) in [5.41, 5.74) is 5.84. The van der Waals surface area contributed by atoms with Crippen LogP contribution < -0.4 is 10.2 Å². The summed E-state index contributed by atoms with van der Waals surface area (Å²) in [6, 6.07) is 21.6. The number of hydrogen-bond acceptors (Lipinski definition) is 4. The van der Waals surface area contributed by atoms with Gasteiger partial charge >= 0.3 is 0 Å². The average molecular weight is 519 g/mol. The molecule has 0 bridgehead atoms. The topological polar surface area (TPSA) is 72.7 Å². The molecule has 2 aliphatic rings. The van der Waals surface area contributed by atoms with Gasteiger partial charge in [0.2, 0.25) is 5.69 Å². The Labute approximate surface area is 220 Å². The summed E-state index contributed by atoms with van der Waals surface area (Å²) in [6.07, 6.45) is 5.48. The van der Waals surface area contributed by atoms with Gasteiger partial charge in [0, 0.05) is 56.0 Å². The second kappa shape index (κ2) is 10.4. The van der Waals surface area contributed by atoms with Crippen LogP contribution in [0.4, 0.5) is 11.4 Å². The number of anilines is 1. The van der Waals surface area contributed by atoms with Crippen LogP contribution in [0.1, 0.15) is 37.8 Å². The van der Waals surface area contributed by atoms with Crippen molar-refractivity contribution in [2.24, 2.45) is 0 Å². The molecule has 3 aromatic rings. The summed E-state index contributed by atoms with van der Waals surface area (Å²) in [5.74, 6) is -0.209. The number of allylic oxidation sites excluding steroid dienone is 1. The van der Waals surface area contributed by atoms with Gasteiger partial charge in [0.1, 0.15) is 6.54 Å². The Bertz CT molecular complexity index is 1450. The fraction of sp³-hybridized carbons (Fsp3) is 0.367. The Hall–Kier alpha value is -3.00. The second-order valence-electron chi connectivity index (χ2n) is 10.5. The van der Waals surface area contributed by atoms with Crippen molar-refractivity contribution in [2.45, 2.75) is 32.1 Å². The molecular formula is C30H36N3O3S+. The van der Waals surface area contributed by atoms with Gasteiger partial charge in [0.15, 0.2) is 5.71 Å². The highest BCUT2D eigenvalue weighted by molar-refractivity contribution is 7.85. The van der Waals surface area contributed by atoms with Crippen LogP contribution in [0.5, 0.6) is 0 Å². The molecule has 2 N–H and O–H groups in total. The van der Waals surface area contributed by atoms with Crippen molar-refractivity contribution in [3.63, 3.8) is 0 Å². The van der Waals surface area contributed by atoms with Crippen LogP contribution >= 0.6 is 0 Å². The number of nitrogens with zero attached hydrogens (tertiary/aromatic N) is 2. The average Bonchev–Trinajstić information content (AvgIpc) is 3.11. The largest absolute Gasteiger partial charge is 0.369 e. The first-order valence-electron chi connectivity index (χ1n) is 13.1. The Morgan fingerprint density at radius 3 is 2.43 bits per heavy atom. The molecular weight excluding hydrogens is 482 g/mol. The number of nitrogens with one attached hydrogen (secondary N) is 1. The molecule has 0 atom stereocenters. The van der Waals surface area contributed by atoms with Crippen LogP contribution in [0.15, 0.2) is 66.7 Å². The molecule has 0 saturated carbocycles. The van der Waals surface area contributed by atoms with Crippen molar-refractivity contribution in [2.75, 3.05) is 43.4 Å². The molecule has 194 valence electrons. The van der Waals surface area contributed by atoms with Gasteiger partial charge in [-0.05, 0) is 60.9 Å². The van der Waals surface area contributed by atoms with E-state index in [9.17, 15) is 8.42 Å². The summed E-state index contributed by atoms with van der Waals surface area (Å²) >= 11 is 0. The van der Waals surface area contributed by atoms with E-state index in [0.29, 0.717) is 19.4 Å². The first kappa shape index (κ1) is 25.6. The second-order valence-corrected chi connectivity index (χ2v) is 12.1. The van der Waals surface area contributed by atoms with E-state index >= 15 is 0 Å². The summed E-state index contributed by atoms with van der Waals surface area (Å²) in [4.78, 5) is 2.41. The molecule has 0 unspecified atom stereocenters. The van der Waals surface area contributed by atoms with Gasteiger partial charge < -0.3 is 10.2 Å². The van der Waals surface area contributed by atoms with E-state index in [2.05, 4.69) is 101 Å². The Morgan fingerprint density at radius 2 is 1.70 bits per heavy atom. The van der Waals surface area contributed by atoms with E-state index < -0.39 is 10.1 Å². The standard InChI is InChI=1S/C30H35N3O3S/c1-30(2)28(16-11-23-9-13-25(14-10-23)32-20-17-31-18-21-32)33(19-5-6-22-37(34,35)36)27-15-12-24-7-3-4-8-26(24)29(27)30/h3-4,7-16,31H,5-6,17-22H2,1-2H3/p+1. The molecule has 6 nitrogen and oxygen atoms in total. The Balaban J connectivity index is 1.47. The van der Waals surface area contributed by atoms with Gasteiger partial charge in [-0.1, -0.05) is 36.4 Å². The Morgan fingerprint density at radius 1 is 0.973 bits per heavy atom. The first-order valence-corrected chi connectivity index (χ1v) is 14.7. The molecule has 1 fully saturated rings. The van der Waals surface area contributed by atoms with Crippen LogP contribution in [0.3, 0.4) is 0 Å². The normalized spacial score (nSPS) is 17.6. The van der Waals surface area contributed by atoms with E-state index in [1.54, 1.807) is 0 Å². The number of benzene rings is 3. The van der Waals surface area contributed by atoms with Crippen molar-refractivity contribution in [1.29, 1.82) is 0 Å². The molecule has 0 spiro atoms. The van der Waals surface area contributed by atoms with Crippen molar-refractivity contribution in [1.82, 2.24) is 5.32 Å². The first-order chi connectivity index (χ1) is 17.7. The zero-order chi connectivity index (χ0) is 26.0. The lowest BCUT2D eigenvalue weighted by Gasteiger charge is -2.29. The van der Waals surface area contributed by atoms with Crippen LogP contribution in [0, 0.1) is 0 Å². The van der Waals surface area contributed by atoms with Gasteiger partial charge in [-0.3, -0.25) is 4.55 Å². The molecule has 0 aromatic heterocycles. The zero-order valence-electron chi connectivity index (χ0n) is 21.7. The number of hydrogen-bond donors (Lipinski definition) is 2. The maximum Gasteiger partial charge on any atom is 0.264 e. The van der Waals surface area contributed by atoms with Crippen LogP contribution in [-0.2, 0) is 15.5 Å². The number of piperazine rings is 1. The fourth-order valence-corrected chi connectivity index (χ4v) is 6.29. The van der Waals surface area contributed by atoms with E-state index in [1.165, 1.54) is 33.4 Å². The number of rotatable bonds is 8. The molecule has 0 amide bonds. The molecule has 37 heavy (non-hydrogen) atoms. The summed E-state index contributed by atoms with van der Waals surface area (Å²) in [7, 11) is -3.95. The molecule has 2 aliphatic heterocycles. The molecule has 0 aliphatic carbocycles. The highest BCUT2D eigenvalue weighted by Crippen LogP contribution is 2.44. The third kappa shape index (κ3) is 5.49. The molecule has 1 saturated heterocycles. The van der Waals surface area contributed by atoms with Gasteiger partial charge in [-0.25, -0.2) is 0 Å². The van der Waals surface area contributed by atoms with E-state index in [-0.39, 0.29) is 11.2 Å². The minimum absolute atomic E-state index is 0.209. The third-order valence-corrected chi connectivity index (χ3v) is 8.40. The Kier molecular flexibility index (Phi) is 7.21. The summed E-state index contributed by atoms with van der Waals surface area (Å²) in [5, 5.41) is 5.86. The molecule has 5 rings (SSSR count). The quantitative estimate of drug-likeness (QED) is 0.249. The molecule has 7 heteroatoms. The lowest BCUT2D eigenvalue weighted by Crippen LogP contribution is -2.43. The van der Waals surface area contributed by atoms with Gasteiger partial charge in [0.25, 0.3) is 10.1 Å². The van der Waals surface area contributed by atoms with Gasteiger partial charge in [-0.15, -0.1) is 0 Å². The lowest BCUT2D eigenvalue weighted by atomic mass is 9.79. The highest BCUT2D eigenvalue weighted by atomic mass is 32.2. The van der Waals surface area contributed by atoms with E-state index in [0.717, 1.165) is 31.7 Å². The fourth-order valence-electron chi connectivity index (χ4n) is 5.73. The zero-order valence-corrected chi connectivity index (χ0v) is 22.5. The predicted octanol–water partition coefficient (Wildman–Crippen LogP) is 5.01. The van der Waals surface area contributed by atoms with E-state index in [1.807, 2.05) is 0 Å².